The van der Waals surface area contributed by atoms with Gasteiger partial charge in [0.2, 0.25) is 0 Å². The molecule has 1 saturated heterocycles. The van der Waals surface area contributed by atoms with Gasteiger partial charge in [-0.05, 0) is 31.9 Å². The minimum atomic E-state index is -0.0798. The first-order chi connectivity index (χ1) is 9.70. The maximum atomic E-state index is 12.0. The Bertz CT molecular complexity index is 456. The highest BCUT2D eigenvalue weighted by molar-refractivity contribution is 5.94. The number of hydrogen-bond acceptors (Lipinski definition) is 3. The second kappa shape index (κ2) is 6.88. The number of pyridine rings is 1. The second-order valence-corrected chi connectivity index (χ2v) is 4.81. The van der Waals surface area contributed by atoms with Crippen LogP contribution in [0.25, 0.3) is 0 Å². The van der Waals surface area contributed by atoms with Gasteiger partial charge in [0.15, 0.2) is 0 Å². The number of aromatic nitrogens is 1. The number of rotatable bonds is 3. The highest BCUT2D eigenvalue weighted by Crippen LogP contribution is 2.11. The van der Waals surface area contributed by atoms with Gasteiger partial charge in [-0.2, -0.15) is 0 Å². The number of amides is 3. The van der Waals surface area contributed by atoms with E-state index in [9.17, 15) is 9.59 Å². The van der Waals surface area contributed by atoms with E-state index < -0.39 is 0 Å². The highest BCUT2D eigenvalue weighted by atomic mass is 16.2. The number of piperidine rings is 1. The van der Waals surface area contributed by atoms with Crippen molar-refractivity contribution in [3.05, 3.63) is 30.1 Å². The number of hydrogen-bond donors (Lipinski definition) is 2. The molecule has 6 heteroatoms. The van der Waals surface area contributed by atoms with Gasteiger partial charge >= 0.3 is 6.03 Å². The molecular formula is C14H20N4O2. The van der Waals surface area contributed by atoms with Crippen LogP contribution in [0.5, 0.6) is 0 Å². The molecule has 2 rings (SSSR count). The lowest BCUT2D eigenvalue weighted by atomic mass is 10.0. The molecule has 1 aliphatic rings. The smallest absolute Gasteiger partial charge is 0.317 e. The number of carbonyl (C=O) groups is 2. The fourth-order valence-corrected chi connectivity index (χ4v) is 2.26. The van der Waals surface area contributed by atoms with Crippen LogP contribution in [0.4, 0.5) is 4.79 Å². The minimum Gasteiger partial charge on any atom is -0.349 e. The largest absolute Gasteiger partial charge is 0.349 e. The standard InChI is InChI=1S/C14H20N4O2/c1-2-16-14(20)18-9-5-12(6-10-18)17-13(19)11-3-7-15-8-4-11/h3-4,7-8,12H,2,5-6,9-10H2,1H3,(H,16,20)(H,17,19). The molecule has 0 aliphatic carbocycles. The molecule has 0 aromatic carbocycles. The average molecular weight is 276 g/mol. The van der Waals surface area contributed by atoms with E-state index >= 15 is 0 Å². The van der Waals surface area contributed by atoms with E-state index in [1.165, 1.54) is 0 Å². The van der Waals surface area contributed by atoms with Crippen molar-refractivity contribution in [3.63, 3.8) is 0 Å². The summed E-state index contributed by atoms with van der Waals surface area (Å²) >= 11 is 0. The molecule has 1 fully saturated rings. The first-order valence-corrected chi connectivity index (χ1v) is 6.94. The molecule has 0 saturated carbocycles. The Balaban J connectivity index is 1.80. The predicted molar refractivity (Wildman–Crippen MR) is 75.4 cm³/mol. The molecule has 0 radical (unpaired) electrons. The third kappa shape index (κ3) is 3.69. The van der Waals surface area contributed by atoms with Crippen molar-refractivity contribution in [3.8, 4) is 0 Å². The quantitative estimate of drug-likeness (QED) is 0.865. The zero-order valence-electron chi connectivity index (χ0n) is 11.6. The third-order valence-corrected chi connectivity index (χ3v) is 3.39. The van der Waals surface area contributed by atoms with Gasteiger partial charge in [-0.25, -0.2) is 4.79 Å². The lowest BCUT2D eigenvalue weighted by Gasteiger charge is -2.32. The molecule has 1 aromatic rings. The molecule has 3 amide bonds. The van der Waals surface area contributed by atoms with E-state index in [4.69, 9.17) is 0 Å². The second-order valence-electron chi connectivity index (χ2n) is 4.81. The lowest BCUT2D eigenvalue weighted by Crippen LogP contribution is -2.49. The summed E-state index contributed by atoms with van der Waals surface area (Å²) in [4.78, 5) is 29.3. The van der Waals surface area contributed by atoms with Crippen molar-refractivity contribution in [1.82, 2.24) is 20.5 Å². The van der Waals surface area contributed by atoms with Gasteiger partial charge in [0, 0.05) is 43.6 Å². The fraction of sp³-hybridized carbons (Fsp3) is 0.500. The van der Waals surface area contributed by atoms with Crippen LogP contribution in [0.3, 0.4) is 0 Å². The average Bonchev–Trinajstić information content (AvgIpc) is 2.49. The number of carbonyl (C=O) groups excluding carboxylic acids is 2. The van der Waals surface area contributed by atoms with E-state index in [1.54, 1.807) is 29.4 Å². The molecule has 2 heterocycles. The van der Waals surface area contributed by atoms with Gasteiger partial charge < -0.3 is 15.5 Å². The monoisotopic (exact) mass is 276 g/mol. The van der Waals surface area contributed by atoms with Crippen molar-refractivity contribution < 1.29 is 9.59 Å². The number of urea groups is 1. The molecule has 20 heavy (non-hydrogen) atoms. The molecule has 0 atom stereocenters. The lowest BCUT2D eigenvalue weighted by molar-refractivity contribution is 0.0918. The highest BCUT2D eigenvalue weighted by Gasteiger charge is 2.23. The van der Waals surface area contributed by atoms with E-state index in [0.29, 0.717) is 25.2 Å². The number of likely N-dealkylation sites (tertiary alicyclic amines) is 1. The zero-order chi connectivity index (χ0) is 14.4. The van der Waals surface area contributed by atoms with Crippen LogP contribution >= 0.6 is 0 Å². The SMILES string of the molecule is CCNC(=O)N1CCC(NC(=O)c2ccncc2)CC1. The Kier molecular flexibility index (Phi) is 4.92. The number of nitrogens with zero attached hydrogens (tertiary/aromatic N) is 2. The van der Waals surface area contributed by atoms with Gasteiger partial charge in [0.05, 0.1) is 0 Å². The van der Waals surface area contributed by atoms with Gasteiger partial charge in [-0.1, -0.05) is 0 Å². The van der Waals surface area contributed by atoms with Crippen LogP contribution in [0.15, 0.2) is 24.5 Å². The molecule has 6 nitrogen and oxygen atoms in total. The molecular weight excluding hydrogens is 256 g/mol. The summed E-state index contributed by atoms with van der Waals surface area (Å²) in [6, 6.07) is 3.49. The Morgan fingerprint density at radius 3 is 2.55 bits per heavy atom. The van der Waals surface area contributed by atoms with Crippen molar-refractivity contribution in [1.29, 1.82) is 0 Å². The van der Waals surface area contributed by atoms with E-state index in [-0.39, 0.29) is 18.0 Å². The Hall–Kier alpha value is -2.11. The summed E-state index contributed by atoms with van der Waals surface area (Å²) in [5.74, 6) is -0.0798. The van der Waals surface area contributed by atoms with Crippen LogP contribution in [-0.4, -0.2) is 47.5 Å². The summed E-state index contributed by atoms with van der Waals surface area (Å²) in [5.41, 5.74) is 0.617. The summed E-state index contributed by atoms with van der Waals surface area (Å²) in [6.45, 7) is 3.89. The Morgan fingerprint density at radius 1 is 1.30 bits per heavy atom. The van der Waals surface area contributed by atoms with Gasteiger partial charge in [0.1, 0.15) is 0 Å². The maximum Gasteiger partial charge on any atom is 0.317 e. The Labute approximate surface area is 118 Å². The predicted octanol–water partition coefficient (Wildman–Crippen LogP) is 1.01. The van der Waals surface area contributed by atoms with E-state index in [2.05, 4.69) is 15.6 Å². The summed E-state index contributed by atoms with van der Waals surface area (Å²) < 4.78 is 0. The zero-order valence-corrected chi connectivity index (χ0v) is 11.6. The molecule has 108 valence electrons. The third-order valence-electron chi connectivity index (χ3n) is 3.39. The first-order valence-electron chi connectivity index (χ1n) is 6.94. The fourth-order valence-electron chi connectivity index (χ4n) is 2.26. The summed E-state index contributed by atoms with van der Waals surface area (Å²) in [6.07, 6.45) is 4.78. The normalized spacial score (nSPS) is 15.8. The minimum absolute atomic E-state index is 0.0218. The summed E-state index contributed by atoms with van der Waals surface area (Å²) in [7, 11) is 0. The molecule has 1 aromatic heterocycles. The van der Waals surface area contributed by atoms with Crippen molar-refractivity contribution >= 4 is 11.9 Å². The van der Waals surface area contributed by atoms with Gasteiger partial charge in [0.25, 0.3) is 5.91 Å². The molecule has 0 spiro atoms. The van der Waals surface area contributed by atoms with Crippen LogP contribution in [-0.2, 0) is 0 Å². The van der Waals surface area contributed by atoms with Crippen LogP contribution in [0, 0.1) is 0 Å². The van der Waals surface area contributed by atoms with E-state index in [0.717, 1.165) is 12.8 Å². The maximum absolute atomic E-state index is 12.0. The van der Waals surface area contributed by atoms with Gasteiger partial charge in [-0.15, -0.1) is 0 Å². The summed E-state index contributed by atoms with van der Waals surface area (Å²) in [5, 5.41) is 5.79. The van der Waals surface area contributed by atoms with Crippen molar-refractivity contribution in [2.24, 2.45) is 0 Å². The van der Waals surface area contributed by atoms with E-state index in [1.807, 2.05) is 6.92 Å². The molecule has 0 bridgehead atoms. The molecule has 0 unspecified atom stereocenters. The van der Waals surface area contributed by atoms with Crippen LogP contribution < -0.4 is 10.6 Å². The molecule has 2 N–H and O–H groups in total. The van der Waals surface area contributed by atoms with Crippen molar-refractivity contribution in [2.45, 2.75) is 25.8 Å². The van der Waals surface area contributed by atoms with Crippen LogP contribution in [0.2, 0.25) is 0 Å². The topological polar surface area (TPSA) is 74.3 Å². The van der Waals surface area contributed by atoms with Gasteiger partial charge in [-0.3, -0.25) is 9.78 Å². The molecule has 1 aliphatic heterocycles. The van der Waals surface area contributed by atoms with Crippen molar-refractivity contribution in [2.75, 3.05) is 19.6 Å². The van der Waals surface area contributed by atoms with Crippen LogP contribution in [0.1, 0.15) is 30.1 Å². The number of nitrogens with one attached hydrogen (secondary N) is 2. The Morgan fingerprint density at radius 2 is 1.95 bits per heavy atom. The first kappa shape index (κ1) is 14.3.